The highest BCUT2D eigenvalue weighted by Gasteiger charge is 2.09. The maximum Gasteiger partial charge on any atom is 0.332 e. The molecule has 0 radical (unpaired) electrons. The van der Waals surface area contributed by atoms with E-state index < -0.39 is 6.03 Å². The number of hydrazone groups is 1. The summed E-state index contributed by atoms with van der Waals surface area (Å²) in [6.07, 6.45) is 1.47. The van der Waals surface area contributed by atoms with E-state index in [0.717, 1.165) is 9.13 Å². The molecule has 0 atom stereocenters. The summed E-state index contributed by atoms with van der Waals surface area (Å²) >= 11 is 2.12. The van der Waals surface area contributed by atoms with Crippen LogP contribution in [0, 0.1) is 3.57 Å². The summed E-state index contributed by atoms with van der Waals surface area (Å²) in [4.78, 5) is 10.4. The highest BCUT2D eigenvalue weighted by molar-refractivity contribution is 14.1. The van der Waals surface area contributed by atoms with Gasteiger partial charge >= 0.3 is 6.03 Å². The van der Waals surface area contributed by atoms with E-state index in [0.29, 0.717) is 11.5 Å². The van der Waals surface area contributed by atoms with Crippen LogP contribution in [0.4, 0.5) is 4.79 Å². The first-order valence-electron chi connectivity index (χ1n) is 4.58. The zero-order chi connectivity index (χ0) is 12.8. The van der Waals surface area contributed by atoms with Gasteiger partial charge in [-0.2, -0.15) is 5.10 Å². The monoisotopic (exact) mass is 349 g/mol. The minimum Gasteiger partial charge on any atom is -0.493 e. The van der Waals surface area contributed by atoms with Crippen LogP contribution in [-0.4, -0.2) is 26.5 Å². The third-order valence-corrected chi connectivity index (χ3v) is 2.65. The predicted octanol–water partition coefficient (Wildman–Crippen LogP) is 1.31. The third-order valence-electron chi connectivity index (χ3n) is 1.84. The van der Waals surface area contributed by atoms with Gasteiger partial charge in [-0.3, -0.25) is 0 Å². The fourth-order valence-electron chi connectivity index (χ4n) is 1.18. The van der Waals surface area contributed by atoms with Crippen LogP contribution in [0.1, 0.15) is 5.56 Å². The van der Waals surface area contributed by atoms with Gasteiger partial charge in [0, 0.05) is 0 Å². The van der Waals surface area contributed by atoms with Crippen LogP contribution in [-0.2, 0) is 0 Å². The number of nitrogens with one attached hydrogen (secondary N) is 1. The Bertz CT molecular complexity index is 449. The number of methoxy groups -OCH3 is 2. The number of hydrogen-bond donors (Lipinski definition) is 2. The van der Waals surface area contributed by atoms with Gasteiger partial charge in [0.05, 0.1) is 24.0 Å². The normalized spacial score (nSPS) is 10.3. The Kier molecular flexibility index (Phi) is 5.01. The van der Waals surface area contributed by atoms with Gasteiger partial charge in [0.15, 0.2) is 11.5 Å². The lowest BCUT2D eigenvalue weighted by Gasteiger charge is -2.10. The van der Waals surface area contributed by atoms with Crippen molar-refractivity contribution in [2.75, 3.05) is 14.2 Å². The Morgan fingerprint density at radius 3 is 2.71 bits per heavy atom. The first-order chi connectivity index (χ1) is 8.08. The van der Waals surface area contributed by atoms with Gasteiger partial charge in [0.1, 0.15) is 0 Å². The summed E-state index contributed by atoms with van der Waals surface area (Å²) in [6, 6.07) is 2.87. The third kappa shape index (κ3) is 3.77. The first kappa shape index (κ1) is 13.6. The molecule has 6 nitrogen and oxygen atoms in total. The van der Waals surface area contributed by atoms with E-state index in [1.165, 1.54) is 6.21 Å². The van der Waals surface area contributed by atoms with Gasteiger partial charge in [-0.25, -0.2) is 10.2 Å². The van der Waals surface area contributed by atoms with E-state index in [1.54, 1.807) is 20.3 Å². The number of halogens is 1. The van der Waals surface area contributed by atoms with E-state index >= 15 is 0 Å². The van der Waals surface area contributed by atoms with Crippen molar-refractivity contribution < 1.29 is 14.3 Å². The fraction of sp³-hybridized carbons (Fsp3) is 0.200. The molecule has 0 fully saturated rings. The second kappa shape index (κ2) is 6.28. The van der Waals surface area contributed by atoms with Crippen molar-refractivity contribution in [2.45, 2.75) is 0 Å². The van der Waals surface area contributed by atoms with Crippen LogP contribution in [0.2, 0.25) is 0 Å². The first-order valence-corrected chi connectivity index (χ1v) is 5.66. The number of amides is 2. The van der Waals surface area contributed by atoms with Crippen LogP contribution >= 0.6 is 22.6 Å². The van der Waals surface area contributed by atoms with Gasteiger partial charge in [-0.1, -0.05) is 0 Å². The van der Waals surface area contributed by atoms with Gasteiger partial charge < -0.3 is 15.2 Å². The van der Waals surface area contributed by atoms with Crippen LogP contribution in [0.5, 0.6) is 11.5 Å². The number of rotatable bonds is 4. The standard InChI is InChI=1S/C10H12IN3O3/c1-16-8-4-6(5-13-14-10(12)15)3-7(11)9(8)17-2/h3-5H,1-2H3,(H3,12,14,15). The number of carbonyl (C=O) groups is 1. The Hall–Kier alpha value is -1.51. The van der Waals surface area contributed by atoms with Crippen LogP contribution in [0.25, 0.3) is 0 Å². The zero-order valence-corrected chi connectivity index (χ0v) is 11.5. The molecule has 0 aliphatic rings. The van der Waals surface area contributed by atoms with Crippen molar-refractivity contribution >= 4 is 34.8 Å². The summed E-state index contributed by atoms with van der Waals surface area (Å²) < 4.78 is 11.3. The van der Waals surface area contributed by atoms with Gasteiger partial charge in [0.2, 0.25) is 0 Å². The highest BCUT2D eigenvalue weighted by atomic mass is 127. The summed E-state index contributed by atoms with van der Waals surface area (Å²) in [5.41, 5.74) is 7.76. The van der Waals surface area contributed by atoms with Gasteiger partial charge in [-0.15, -0.1) is 0 Å². The van der Waals surface area contributed by atoms with Crippen molar-refractivity contribution in [1.29, 1.82) is 0 Å². The average Bonchev–Trinajstić information content (AvgIpc) is 2.27. The van der Waals surface area contributed by atoms with Crippen LogP contribution in [0.3, 0.4) is 0 Å². The maximum atomic E-state index is 10.4. The Morgan fingerprint density at radius 2 is 2.18 bits per heavy atom. The SMILES string of the molecule is COc1cc(C=NNC(N)=O)cc(I)c1OC. The van der Waals surface area contributed by atoms with E-state index in [-0.39, 0.29) is 0 Å². The van der Waals surface area contributed by atoms with Gasteiger partial charge in [-0.05, 0) is 40.3 Å². The Labute approximate surface area is 112 Å². The van der Waals surface area contributed by atoms with Crippen LogP contribution in [0.15, 0.2) is 17.2 Å². The molecule has 92 valence electrons. The lowest BCUT2D eigenvalue weighted by Crippen LogP contribution is -2.24. The van der Waals surface area contributed by atoms with Gasteiger partial charge in [0.25, 0.3) is 0 Å². The molecule has 1 aromatic rings. The number of ether oxygens (including phenoxy) is 2. The molecule has 0 aromatic heterocycles. The molecule has 17 heavy (non-hydrogen) atoms. The van der Waals surface area contributed by atoms with E-state index in [1.807, 2.05) is 6.07 Å². The van der Waals surface area contributed by atoms with E-state index in [2.05, 4.69) is 33.1 Å². The van der Waals surface area contributed by atoms with Crippen molar-refractivity contribution in [3.8, 4) is 11.5 Å². The molecule has 0 saturated carbocycles. The predicted molar refractivity (Wildman–Crippen MR) is 72.6 cm³/mol. The Balaban J connectivity index is 2.99. The summed E-state index contributed by atoms with van der Waals surface area (Å²) in [6.45, 7) is 0. The highest BCUT2D eigenvalue weighted by Crippen LogP contribution is 2.32. The smallest absolute Gasteiger partial charge is 0.332 e. The number of nitrogens with two attached hydrogens (primary N) is 1. The number of carbonyl (C=O) groups excluding carboxylic acids is 1. The summed E-state index contributed by atoms with van der Waals surface area (Å²) in [5.74, 6) is 1.26. The number of urea groups is 1. The molecule has 0 heterocycles. The molecule has 0 aliphatic carbocycles. The molecule has 0 unspecified atom stereocenters. The fourth-order valence-corrected chi connectivity index (χ4v) is 2.03. The molecule has 2 amide bonds. The average molecular weight is 349 g/mol. The lowest BCUT2D eigenvalue weighted by atomic mass is 10.2. The molecule has 3 N–H and O–H groups in total. The molecule has 0 aliphatic heterocycles. The van der Waals surface area contributed by atoms with E-state index in [4.69, 9.17) is 15.2 Å². The molecule has 0 bridgehead atoms. The minimum atomic E-state index is -0.712. The molecular formula is C10H12IN3O3. The molecule has 7 heteroatoms. The topological polar surface area (TPSA) is 85.9 Å². The largest absolute Gasteiger partial charge is 0.493 e. The number of primary amides is 1. The van der Waals surface area contributed by atoms with Crippen molar-refractivity contribution in [1.82, 2.24) is 5.43 Å². The molecule has 1 aromatic carbocycles. The minimum absolute atomic E-state index is 0.597. The van der Waals surface area contributed by atoms with Crippen molar-refractivity contribution in [3.05, 3.63) is 21.3 Å². The summed E-state index contributed by atoms with van der Waals surface area (Å²) in [7, 11) is 3.12. The number of nitrogens with zero attached hydrogens (tertiary/aromatic N) is 1. The van der Waals surface area contributed by atoms with Crippen LogP contribution < -0.4 is 20.6 Å². The Morgan fingerprint density at radius 1 is 1.47 bits per heavy atom. The summed E-state index contributed by atoms with van der Waals surface area (Å²) in [5, 5.41) is 3.66. The van der Waals surface area contributed by atoms with E-state index in [9.17, 15) is 4.79 Å². The molecular weight excluding hydrogens is 337 g/mol. The second-order valence-electron chi connectivity index (χ2n) is 2.97. The number of hydrogen-bond acceptors (Lipinski definition) is 4. The molecule has 0 saturated heterocycles. The maximum absolute atomic E-state index is 10.4. The quantitative estimate of drug-likeness (QED) is 0.488. The lowest BCUT2D eigenvalue weighted by molar-refractivity contribution is 0.249. The zero-order valence-electron chi connectivity index (χ0n) is 9.36. The number of benzene rings is 1. The molecule has 1 rings (SSSR count). The van der Waals surface area contributed by atoms with Crippen molar-refractivity contribution in [3.63, 3.8) is 0 Å². The van der Waals surface area contributed by atoms with Crippen molar-refractivity contribution in [2.24, 2.45) is 10.8 Å². The molecule has 0 spiro atoms. The second-order valence-corrected chi connectivity index (χ2v) is 4.13.